The zero-order valence-electron chi connectivity index (χ0n) is 37.6. The molecule has 3 aromatic heterocycles. The molecule has 354 valence electrons. The largest absolute Gasteiger partial charge is 0.448 e. The van der Waals surface area contributed by atoms with Crippen LogP contribution in [0.1, 0.15) is 39.6 Å². The summed E-state index contributed by atoms with van der Waals surface area (Å²) in [6, 6.07) is 52.9. The van der Waals surface area contributed by atoms with E-state index in [9.17, 15) is 23.2 Å². The van der Waals surface area contributed by atoms with Gasteiger partial charge >= 0.3 is 12.6 Å². The fraction of sp³-hybridized carbons (Fsp3) is 0.127. The van der Waals surface area contributed by atoms with E-state index in [1.807, 2.05) is 188 Å². The van der Waals surface area contributed by atoms with Crippen LogP contribution in [0.25, 0.3) is 10.2 Å². The first-order chi connectivity index (χ1) is 34.8. The number of thioether (sulfide) groups is 1. The minimum Gasteiger partial charge on any atom is -0.448 e. The highest BCUT2D eigenvalue weighted by Crippen LogP contribution is 2.43. The number of aromatic nitrogens is 2. The second-order valence-corrected chi connectivity index (χ2v) is 19.3. The summed E-state index contributed by atoms with van der Waals surface area (Å²) >= 11 is 4.10. The number of carbonyl (C=O) groups is 3. The molecule has 2 amide bonds. The average Bonchev–Trinajstić information content (AvgIpc) is 4.10. The van der Waals surface area contributed by atoms with Gasteiger partial charge in [-0.15, -0.1) is 23.1 Å². The van der Waals surface area contributed by atoms with Crippen LogP contribution in [0.4, 0.5) is 13.9 Å². The Kier molecular flexibility index (Phi) is 13.9. The number of thiazole rings is 1. The van der Waals surface area contributed by atoms with Crippen molar-refractivity contribution in [3.8, 4) is 0 Å². The lowest BCUT2D eigenvalue weighted by Crippen LogP contribution is -2.71. The van der Waals surface area contributed by atoms with Gasteiger partial charge in [0.15, 0.2) is 29.7 Å². The number of β-lactam (4-membered cyclic amide) rings is 1. The number of amides is 2. The maximum atomic E-state index is 14.7. The summed E-state index contributed by atoms with van der Waals surface area (Å²) in [5.74, 6) is -2.03. The number of benzene rings is 5. The minimum absolute atomic E-state index is 0.0422. The number of nitrogens with zero attached hydrogens (tertiary/aromatic N) is 4. The van der Waals surface area contributed by atoms with Crippen molar-refractivity contribution in [3.05, 3.63) is 244 Å². The molecule has 5 aromatic carbocycles. The van der Waals surface area contributed by atoms with Gasteiger partial charge in [-0.2, -0.15) is 13.3 Å². The fourth-order valence-corrected chi connectivity index (χ4v) is 11.8. The number of rotatable bonds is 17. The summed E-state index contributed by atoms with van der Waals surface area (Å²) in [6.07, 6.45) is 4.94. The lowest BCUT2D eigenvalue weighted by molar-refractivity contribution is -0.658. The zero-order chi connectivity index (χ0) is 48.7. The Labute approximate surface area is 419 Å². The molecular formula is C55H43F2N6O5S3+. The number of allylic oxidation sites excluding steroid dienone is 2. The molecule has 0 radical (unpaired) electrons. The van der Waals surface area contributed by atoms with Gasteiger partial charge in [0.1, 0.15) is 28.3 Å². The molecule has 8 aromatic rings. The highest BCUT2D eigenvalue weighted by atomic mass is 32.2. The van der Waals surface area contributed by atoms with Gasteiger partial charge < -0.3 is 20.2 Å². The molecule has 0 unspecified atom stereocenters. The number of oxime groups is 1. The van der Waals surface area contributed by atoms with Crippen molar-refractivity contribution in [2.24, 2.45) is 5.16 Å². The summed E-state index contributed by atoms with van der Waals surface area (Å²) in [7, 11) is 0. The molecule has 16 heteroatoms. The maximum Gasteiger partial charge on any atom is 0.407 e. The van der Waals surface area contributed by atoms with Gasteiger partial charge in [0.2, 0.25) is 0 Å². The monoisotopic (exact) mass is 1000 g/mol. The molecule has 1 fully saturated rings. The van der Waals surface area contributed by atoms with E-state index < -0.39 is 53.2 Å². The lowest BCUT2D eigenvalue weighted by atomic mass is 9.77. The molecule has 0 bridgehead atoms. The first-order valence-corrected chi connectivity index (χ1v) is 25.3. The third-order valence-corrected chi connectivity index (χ3v) is 15.1. The van der Waals surface area contributed by atoms with Gasteiger partial charge in [0.05, 0.1) is 5.39 Å². The topological polar surface area (TPSA) is 126 Å². The normalized spacial score (nSPS) is 16.0. The molecular weight excluding hydrogens is 959 g/mol. The van der Waals surface area contributed by atoms with Crippen LogP contribution in [0, 0.1) is 0 Å². The van der Waals surface area contributed by atoms with Crippen molar-refractivity contribution >= 4 is 73.3 Å². The van der Waals surface area contributed by atoms with Crippen molar-refractivity contribution in [1.29, 1.82) is 0 Å². The molecule has 1 saturated heterocycles. The van der Waals surface area contributed by atoms with Gasteiger partial charge in [-0.3, -0.25) is 14.5 Å². The Morgan fingerprint density at radius 2 is 1.39 bits per heavy atom. The zero-order valence-corrected chi connectivity index (χ0v) is 40.0. The number of hydrogen-bond acceptors (Lipinski definition) is 11. The number of hydrogen-bond donors (Lipinski definition) is 2. The first kappa shape index (κ1) is 46.9. The SMILES string of the molecule is O=C(OC(c1ccccc1)c1ccccc1)C1=C(/C=C/C[n+]2cccc3ccsc32)CS[C@@H]2[C@H](NC(=O)/C(=N\OC(F)F)c3csc(NC(c4ccccc4)(c4ccccc4)c4ccccc4)n3)C(=O)N12. The molecule has 2 aliphatic heterocycles. The molecule has 0 spiro atoms. The molecule has 10 rings (SSSR count). The molecule has 5 heterocycles. The Balaban J connectivity index is 0.944. The van der Waals surface area contributed by atoms with E-state index >= 15 is 0 Å². The number of alkyl halides is 2. The summed E-state index contributed by atoms with van der Waals surface area (Å²) < 4.78 is 35.8. The number of anilines is 1. The fourth-order valence-electron chi connectivity index (χ4n) is 8.84. The van der Waals surface area contributed by atoms with Crippen LogP contribution in [-0.4, -0.2) is 57.2 Å². The van der Waals surface area contributed by atoms with E-state index in [2.05, 4.69) is 31.3 Å². The van der Waals surface area contributed by atoms with Gasteiger partial charge in [-0.05, 0) is 57.0 Å². The second kappa shape index (κ2) is 21.1. The van der Waals surface area contributed by atoms with Crippen LogP contribution in [0.15, 0.2) is 215 Å². The first-order valence-electron chi connectivity index (χ1n) is 22.5. The van der Waals surface area contributed by atoms with Crippen molar-refractivity contribution in [1.82, 2.24) is 15.2 Å². The van der Waals surface area contributed by atoms with Crippen LogP contribution in [0.2, 0.25) is 0 Å². The third-order valence-electron chi connectivity index (χ3n) is 12.1. The summed E-state index contributed by atoms with van der Waals surface area (Å²) in [4.78, 5) is 55.0. The number of halogens is 2. The maximum absolute atomic E-state index is 14.7. The molecule has 0 aliphatic carbocycles. The van der Waals surface area contributed by atoms with E-state index in [0.29, 0.717) is 17.2 Å². The van der Waals surface area contributed by atoms with Crippen molar-refractivity contribution in [3.63, 3.8) is 0 Å². The molecule has 2 N–H and O–H groups in total. The van der Waals surface area contributed by atoms with Crippen LogP contribution < -0.4 is 15.2 Å². The van der Waals surface area contributed by atoms with Gasteiger partial charge in [-0.1, -0.05) is 174 Å². The predicted molar refractivity (Wildman–Crippen MR) is 273 cm³/mol. The Morgan fingerprint density at radius 3 is 1.99 bits per heavy atom. The number of fused-ring (bicyclic) bond motifs is 2. The number of nitrogens with one attached hydrogen (secondary N) is 2. The molecule has 0 saturated carbocycles. The Bertz CT molecular complexity index is 3130. The summed E-state index contributed by atoms with van der Waals surface area (Å²) in [5, 5.41) is 14.1. The number of ether oxygens (including phenoxy) is 1. The molecule has 2 atom stereocenters. The number of thiophene rings is 1. The summed E-state index contributed by atoms with van der Waals surface area (Å²) in [6.45, 7) is -2.87. The summed E-state index contributed by atoms with van der Waals surface area (Å²) in [5.41, 5.74) is 3.10. The molecule has 11 nitrogen and oxygen atoms in total. The van der Waals surface area contributed by atoms with Crippen LogP contribution >= 0.6 is 34.4 Å². The van der Waals surface area contributed by atoms with E-state index in [1.165, 1.54) is 22.0 Å². The van der Waals surface area contributed by atoms with E-state index in [4.69, 9.17) is 9.72 Å². The molecule has 2 aliphatic rings. The predicted octanol–water partition coefficient (Wildman–Crippen LogP) is 10.2. The number of esters is 1. The van der Waals surface area contributed by atoms with Crippen molar-refractivity contribution in [2.45, 2.75) is 36.2 Å². The van der Waals surface area contributed by atoms with Gasteiger partial charge in [0, 0.05) is 17.2 Å². The Hall–Kier alpha value is -7.79. The van der Waals surface area contributed by atoms with Crippen LogP contribution in [0.3, 0.4) is 0 Å². The Morgan fingerprint density at radius 1 is 0.803 bits per heavy atom. The number of pyridine rings is 1. The quantitative estimate of drug-likeness (QED) is 0.0231. The van der Waals surface area contributed by atoms with E-state index in [0.717, 1.165) is 49.4 Å². The van der Waals surface area contributed by atoms with Crippen molar-refractivity contribution < 1.29 is 37.3 Å². The molecule has 71 heavy (non-hydrogen) atoms. The van der Waals surface area contributed by atoms with E-state index in [1.54, 1.807) is 11.3 Å². The smallest absolute Gasteiger partial charge is 0.407 e. The minimum atomic E-state index is -3.36. The third kappa shape index (κ3) is 9.73. The lowest BCUT2D eigenvalue weighted by Gasteiger charge is -2.49. The average molecular weight is 1000 g/mol. The second-order valence-electron chi connectivity index (χ2n) is 16.4. The van der Waals surface area contributed by atoms with E-state index in [-0.39, 0.29) is 17.1 Å². The highest BCUT2D eigenvalue weighted by molar-refractivity contribution is 8.00. The highest BCUT2D eigenvalue weighted by Gasteiger charge is 2.55. The van der Waals surface area contributed by atoms with Crippen molar-refractivity contribution in [2.75, 3.05) is 11.1 Å². The van der Waals surface area contributed by atoms with Crippen LogP contribution in [0.5, 0.6) is 0 Å². The van der Waals surface area contributed by atoms with Gasteiger partial charge in [0.25, 0.3) is 16.6 Å². The van der Waals surface area contributed by atoms with Gasteiger partial charge in [-0.25, -0.2) is 9.78 Å². The van der Waals surface area contributed by atoms with Crippen LogP contribution in [-0.2, 0) is 36.0 Å². The standard InChI is InChI=1S/C55H42F2N6O5S3/c56-53(57)68-61-44(43-35-71-54(58-43)60-55(40-24-10-3-11-25-40,41-26-12-4-13-27-41)42-28-14-5-15-29-42)48(64)59-45-49(65)63-46(52(66)67-47(36-18-6-1-7-19-36)37-20-8-2-9-21-37)39(34-70-51(45)63)23-17-32-62-31-16-22-38-30-33-69-50(38)62/h1-31,33,35,45,47,51,53H,32,34H2,(H-,58,59,60,64)/p+1/b23-17+,61-44-/t45-,51-/m1/s1. The number of carbonyl (C=O) groups excluding carboxylic acids is 3.